The van der Waals surface area contributed by atoms with Gasteiger partial charge < -0.3 is 29.7 Å². The summed E-state index contributed by atoms with van der Waals surface area (Å²) in [5.74, 6) is 1.86. The van der Waals surface area contributed by atoms with Crippen LogP contribution >= 0.6 is 19.5 Å². The van der Waals surface area contributed by atoms with Gasteiger partial charge in [-0.1, -0.05) is 87.1 Å². The lowest BCUT2D eigenvalue weighted by atomic mass is 9.77. The summed E-state index contributed by atoms with van der Waals surface area (Å²) in [5.41, 5.74) is -1.77. The SMILES string of the molecule is CCC(C)(C)C(=O)SCCOP(=O)(OC[C@H]1O[C@@H](n2ccc(NC(c3ccccc3)(c3ccc(OC)cc3)c3ccc(OC)cc3)nc2=O)[C@@](C)(O)C1O)N1CCCC1. The third kappa shape index (κ3) is 9.48. The van der Waals surface area contributed by atoms with Gasteiger partial charge in [0.25, 0.3) is 0 Å². The van der Waals surface area contributed by atoms with Gasteiger partial charge in [-0.3, -0.25) is 18.4 Å². The van der Waals surface area contributed by atoms with Crippen LogP contribution in [0, 0.1) is 5.41 Å². The van der Waals surface area contributed by atoms with Crippen molar-refractivity contribution in [2.45, 2.75) is 76.5 Å². The molecule has 59 heavy (non-hydrogen) atoms. The molecule has 2 saturated heterocycles. The molecule has 1 aromatic heterocycles. The highest BCUT2D eigenvalue weighted by Crippen LogP contribution is 2.54. The molecule has 4 aromatic rings. The van der Waals surface area contributed by atoms with Crippen LogP contribution < -0.4 is 20.5 Å². The van der Waals surface area contributed by atoms with Crippen LogP contribution in [-0.4, -0.2) is 93.6 Å². The average Bonchev–Trinajstić information content (AvgIpc) is 3.88. The Morgan fingerprint density at radius 2 is 1.53 bits per heavy atom. The second-order valence-electron chi connectivity index (χ2n) is 15.5. The zero-order valence-electron chi connectivity index (χ0n) is 34.4. The minimum atomic E-state index is -3.88. The topological polar surface area (TPSA) is 171 Å². The fourth-order valence-electron chi connectivity index (χ4n) is 7.26. The minimum Gasteiger partial charge on any atom is -0.497 e. The molecule has 16 heteroatoms. The maximum Gasteiger partial charge on any atom is 0.408 e. The lowest BCUT2D eigenvalue weighted by Crippen LogP contribution is -2.46. The molecule has 2 aliphatic heterocycles. The molecule has 14 nitrogen and oxygen atoms in total. The Morgan fingerprint density at radius 1 is 0.949 bits per heavy atom. The summed E-state index contributed by atoms with van der Waals surface area (Å²) in [6, 6.07) is 26.6. The zero-order valence-corrected chi connectivity index (χ0v) is 36.1. The highest BCUT2D eigenvalue weighted by Gasteiger charge is 2.54. The Kier molecular flexibility index (Phi) is 14.1. The average molecular weight is 851 g/mol. The number of ether oxygens (including phenoxy) is 3. The Balaban J connectivity index is 1.24. The molecule has 3 N–H and O–H groups in total. The molecule has 0 spiro atoms. The molecule has 2 aliphatic rings. The molecule has 0 aliphatic carbocycles. The van der Waals surface area contributed by atoms with Crippen molar-refractivity contribution in [2.24, 2.45) is 5.41 Å². The number of aliphatic hydroxyl groups is 2. The van der Waals surface area contributed by atoms with Crippen molar-refractivity contribution in [3.05, 3.63) is 118 Å². The largest absolute Gasteiger partial charge is 0.497 e. The second kappa shape index (κ2) is 18.7. The number of methoxy groups -OCH3 is 2. The molecule has 3 heterocycles. The van der Waals surface area contributed by atoms with Gasteiger partial charge in [-0.15, -0.1) is 0 Å². The summed E-state index contributed by atoms with van der Waals surface area (Å²) in [6.45, 7) is 7.67. The van der Waals surface area contributed by atoms with Crippen molar-refractivity contribution >= 4 is 30.4 Å². The van der Waals surface area contributed by atoms with Crippen molar-refractivity contribution in [1.82, 2.24) is 14.2 Å². The molecular formula is C43H55N4O10PS. The van der Waals surface area contributed by atoms with Crippen LogP contribution in [0.15, 0.2) is 95.9 Å². The van der Waals surface area contributed by atoms with Gasteiger partial charge >= 0.3 is 13.4 Å². The molecule has 0 amide bonds. The summed E-state index contributed by atoms with van der Waals surface area (Å²) < 4.78 is 45.8. The summed E-state index contributed by atoms with van der Waals surface area (Å²) in [5, 5.41) is 26.5. The first kappa shape index (κ1) is 44.5. The Morgan fingerprint density at radius 3 is 2.07 bits per heavy atom. The van der Waals surface area contributed by atoms with E-state index in [0.717, 1.165) is 45.9 Å². The number of aliphatic hydroxyl groups excluding tert-OH is 1. The van der Waals surface area contributed by atoms with E-state index in [9.17, 15) is 24.4 Å². The summed E-state index contributed by atoms with van der Waals surface area (Å²) >= 11 is 1.13. The number of thioether (sulfide) groups is 1. The summed E-state index contributed by atoms with van der Waals surface area (Å²) in [4.78, 5) is 31.0. The maximum atomic E-state index is 14.2. The molecule has 2 fully saturated rings. The number of benzene rings is 3. The lowest BCUT2D eigenvalue weighted by Gasteiger charge is -2.37. The van der Waals surface area contributed by atoms with Gasteiger partial charge in [-0.05, 0) is 73.2 Å². The first-order valence-corrected chi connectivity index (χ1v) is 22.3. The van der Waals surface area contributed by atoms with Crippen LogP contribution in [-0.2, 0) is 28.7 Å². The van der Waals surface area contributed by atoms with Crippen molar-refractivity contribution < 1.29 is 42.8 Å². The van der Waals surface area contributed by atoms with Crippen LogP contribution in [0.4, 0.5) is 5.82 Å². The highest BCUT2D eigenvalue weighted by molar-refractivity contribution is 8.13. The molecule has 5 atom stereocenters. The molecule has 0 bridgehead atoms. The number of aromatic nitrogens is 2. The van der Waals surface area contributed by atoms with Gasteiger partial charge in [0.05, 0.1) is 27.4 Å². The zero-order chi connectivity index (χ0) is 42.4. The van der Waals surface area contributed by atoms with Crippen molar-refractivity contribution in [1.29, 1.82) is 0 Å². The Hall–Kier alpha value is -4.05. The van der Waals surface area contributed by atoms with Crippen LogP contribution in [0.5, 0.6) is 11.5 Å². The van der Waals surface area contributed by atoms with E-state index in [2.05, 4.69) is 10.3 Å². The number of hydrogen-bond donors (Lipinski definition) is 3. The third-order valence-corrected chi connectivity index (χ3v) is 14.5. The standard InChI is InChI=1S/C43H55N4O10PS/c1-7-41(2,3)39(49)59-28-27-55-58(52,46-24-11-12-25-46)56-29-35-37(48)42(4,51)38(57-35)47-26-23-36(44-40(47)50)45-43(30-13-9-8-10-14-30,31-15-19-33(53-5)20-16-31)32-17-21-34(54-6)22-18-32/h8-10,13-23,26,35,37-38,48,51H,7,11-12,24-25,27-29H2,1-6H3,(H,44,45,50)/t35-,37?,38-,42+,58?/m1/s1. The number of anilines is 1. The summed E-state index contributed by atoms with van der Waals surface area (Å²) in [7, 11) is -0.676. The van der Waals surface area contributed by atoms with E-state index in [1.165, 1.54) is 13.1 Å². The molecule has 2 unspecified atom stereocenters. The number of hydrogen-bond acceptors (Lipinski definition) is 13. The van der Waals surface area contributed by atoms with E-state index in [1.54, 1.807) is 25.0 Å². The maximum absolute atomic E-state index is 14.2. The van der Waals surface area contributed by atoms with Gasteiger partial charge in [-0.25, -0.2) is 14.0 Å². The van der Waals surface area contributed by atoms with Crippen molar-refractivity contribution in [2.75, 3.05) is 51.6 Å². The fraction of sp³-hybridized carbons (Fsp3) is 0.465. The van der Waals surface area contributed by atoms with E-state index in [4.69, 9.17) is 23.3 Å². The monoisotopic (exact) mass is 850 g/mol. The molecule has 0 radical (unpaired) electrons. The number of nitrogens with zero attached hydrogens (tertiary/aromatic N) is 3. The number of rotatable bonds is 18. The normalized spacial score (nSPS) is 22.2. The second-order valence-corrected chi connectivity index (χ2v) is 18.6. The third-order valence-electron chi connectivity index (χ3n) is 11.2. The first-order chi connectivity index (χ1) is 28.2. The van der Waals surface area contributed by atoms with Crippen LogP contribution in [0.1, 0.15) is 69.9 Å². The van der Waals surface area contributed by atoms with E-state index in [1.807, 2.05) is 99.6 Å². The highest BCUT2D eigenvalue weighted by atomic mass is 32.2. The predicted molar refractivity (Wildman–Crippen MR) is 227 cm³/mol. The van der Waals surface area contributed by atoms with Gasteiger partial charge in [-0.2, -0.15) is 4.98 Å². The number of carbonyl (C=O) groups excluding carboxylic acids is 1. The predicted octanol–water partition coefficient (Wildman–Crippen LogP) is 6.61. The molecule has 318 valence electrons. The van der Waals surface area contributed by atoms with Crippen molar-refractivity contribution in [3.8, 4) is 11.5 Å². The van der Waals surface area contributed by atoms with Gasteiger partial charge in [0.15, 0.2) is 11.3 Å². The molecule has 0 saturated carbocycles. The number of nitrogens with one attached hydrogen (secondary N) is 1. The van der Waals surface area contributed by atoms with Gasteiger partial charge in [0.1, 0.15) is 40.7 Å². The lowest BCUT2D eigenvalue weighted by molar-refractivity contribution is -0.118. The van der Waals surface area contributed by atoms with E-state index in [0.29, 0.717) is 31.0 Å². The van der Waals surface area contributed by atoms with E-state index < -0.39 is 55.0 Å². The quantitative estimate of drug-likeness (QED) is 0.0555. The summed E-state index contributed by atoms with van der Waals surface area (Å²) in [6.07, 6.45) is -0.346. The van der Waals surface area contributed by atoms with E-state index >= 15 is 0 Å². The number of carbonyl (C=O) groups is 1. The molecule has 3 aromatic carbocycles. The minimum absolute atomic E-state index is 0.00231. The Labute approximate surface area is 349 Å². The van der Waals surface area contributed by atoms with Gasteiger partial charge in [0, 0.05) is 30.5 Å². The van der Waals surface area contributed by atoms with Crippen LogP contribution in [0.25, 0.3) is 0 Å². The smallest absolute Gasteiger partial charge is 0.408 e. The van der Waals surface area contributed by atoms with E-state index in [-0.39, 0.29) is 23.3 Å². The Bertz CT molecular complexity index is 2080. The first-order valence-electron chi connectivity index (χ1n) is 19.8. The molecule has 6 rings (SSSR count). The van der Waals surface area contributed by atoms with Gasteiger partial charge in [0.2, 0.25) is 0 Å². The van der Waals surface area contributed by atoms with Crippen molar-refractivity contribution in [3.63, 3.8) is 0 Å². The van der Waals surface area contributed by atoms with Crippen LogP contribution in [0.2, 0.25) is 0 Å². The van der Waals surface area contributed by atoms with Crippen LogP contribution in [0.3, 0.4) is 0 Å². The molecular weight excluding hydrogens is 796 g/mol. The fourth-order valence-corrected chi connectivity index (χ4v) is 10.1.